The van der Waals surface area contributed by atoms with E-state index in [0.717, 1.165) is 6.07 Å². The van der Waals surface area contributed by atoms with Gasteiger partial charge in [-0.15, -0.1) is 0 Å². The van der Waals surface area contributed by atoms with Crippen molar-refractivity contribution in [1.82, 2.24) is 10.2 Å². The highest BCUT2D eigenvalue weighted by Gasteiger charge is 2.25. The molecule has 0 bridgehead atoms. The van der Waals surface area contributed by atoms with E-state index in [-0.39, 0.29) is 21.0 Å². The molecule has 1 heterocycles. The molecule has 0 spiro atoms. The van der Waals surface area contributed by atoms with Gasteiger partial charge < -0.3 is 5.73 Å². The van der Waals surface area contributed by atoms with Crippen molar-refractivity contribution < 1.29 is 12.8 Å². The average Bonchev–Trinajstić information content (AvgIpc) is 2.86. The predicted molar refractivity (Wildman–Crippen MR) is 82.3 cm³/mol. The molecule has 0 unspecified atom stereocenters. The predicted octanol–water partition coefficient (Wildman–Crippen LogP) is 2.91. The molecule has 0 amide bonds. The summed E-state index contributed by atoms with van der Waals surface area (Å²) >= 11 is 8.82. The van der Waals surface area contributed by atoms with E-state index in [2.05, 4.69) is 30.8 Å². The number of H-pyrrole nitrogens is 1. The zero-order chi connectivity index (χ0) is 15.8. The standard InChI is InChI=1S/C11H11BrClFN4O2S/c1-2-5-4-16-17-11(5)18-21(19,20)7-3-6(13)8(12)10(15)9(7)14/h3-4H,2,15H2,1H3,(H2,16,17,18). The van der Waals surface area contributed by atoms with E-state index in [0.29, 0.717) is 12.0 Å². The highest BCUT2D eigenvalue weighted by Crippen LogP contribution is 2.35. The summed E-state index contributed by atoms with van der Waals surface area (Å²) in [7, 11) is -4.19. The minimum Gasteiger partial charge on any atom is -0.395 e. The maximum Gasteiger partial charge on any atom is 0.266 e. The Bertz CT molecular complexity index is 794. The molecule has 1 aromatic carbocycles. The van der Waals surface area contributed by atoms with E-state index in [1.165, 1.54) is 6.20 Å². The van der Waals surface area contributed by atoms with Gasteiger partial charge in [-0.1, -0.05) is 18.5 Å². The minimum absolute atomic E-state index is 0.00500. The molecule has 0 saturated carbocycles. The van der Waals surface area contributed by atoms with E-state index in [9.17, 15) is 12.8 Å². The Labute approximate surface area is 134 Å². The van der Waals surface area contributed by atoms with E-state index < -0.39 is 20.7 Å². The summed E-state index contributed by atoms with van der Waals surface area (Å²) in [5.41, 5.74) is 5.77. The van der Waals surface area contributed by atoms with Gasteiger partial charge in [0.2, 0.25) is 0 Å². The number of sulfonamides is 1. The number of hydrogen-bond acceptors (Lipinski definition) is 4. The van der Waals surface area contributed by atoms with Crippen molar-refractivity contribution >= 4 is 49.1 Å². The first kappa shape index (κ1) is 16.1. The first-order valence-electron chi connectivity index (χ1n) is 5.76. The molecule has 0 fully saturated rings. The van der Waals surface area contributed by atoms with Crippen LogP contribution in [-0.4, -0.2) is 18.6 Å². The molecule has 0 aliphatic rings. The lowest BCUT2D eigenvalue weighted by Crippen LogP contribution is -2.17. The van der Waals surface area contributed by atoms with Crippen LogP contribution in [0.3, 0.4) is 0 Å². The van der Waals surface area contributed by atoms with Gasteiger partial charge in [0, 0.05) is 5.56 Å². The van der Waals surface area contributed by atoms with Gasteiger partial charge in [0.1, 0.15) is 10.7 Å². The third-order valence-electron chi connectivity index (χ3n) is 2.78. The summed E-state index contributed by atoms with van der Waals surface area (Å²) in [6.07, 6.45) is 2.04. The first-order valence-corrected chi connectivity index (χ1v) is 8.41. The maximum atomic E-state index is 14.1. The zero-order valence-electron chi connectivity index (χ0n) is 10.7. The van der Waals surface area contributed by atoms with Crippen LogP contribution in [0.2, 0.25) is 5.02 Å². The van der Waals surface area contributed by atoms with Gasteiger partial charge in [-0.2, -0.15) is 5.10 Å². The summed E-state index contributed by atoms with van der Waals surface area (Å²) in [6.45, 7) is 1.83. The van der Waals surface area contributed by atoms with Gasteiger partial charge in [-0.05, 0) is 28.4 Å². The summed E-state index contributed by atoms with van der Waals surface area (Å²) in [5, 5.41) is 6.24. The van der Waals surface area contributed by atoms with E-state index in [1.54, 1.807) is 0 Å². The van der Waals surface area contributed by atoms with Crippen LogP contribution in [0, 0.1) is 5.82 Å². The lowest BCUT2D eigenvalue weighted by Gasteiger charge is -2.11. The van der Waals surface area contributed by atoms with Crippen molar-refractivity contribution in [3.8, 4) is 0 Å². The molecule has 0 radical (unpaired) electrons. The van der Waals surface area contributed by atoms with Gasteiger partial charge in [-0.25, -0.2) is 12.8 Å². The zero-order valence-corrected chi connectivity index (χ0v) is 13.9. The van der Waals surface area contributed by atoms with Crippen LogP contribution in [0.5, 0.6) is 0 Å². The molecule has 2 aromatic rings. The molecule has 21 heavy (non-hydrogen) atoms. The minimum atomic E-state index is -4.19. The van der Waals surface area contributed by atoms with Crippen molar-refractivity contribution in [2.75, 3.05) is 10.5 Å². The average molecular weight is 398 g/mol. The van der Waals surface area contributed by atoms with Gasteiger partial charge in [0.15, 0.2) is 5.82 Å². The first-order chi connectivity index (χ1) is 9.77. The number of hydrogen-bond donors (Lipinski definition) is 3. The molecule has 10 heteroatoms. The number of benzene rings is 1. The number of aryl methyl sites for hydroxylation is 1. The molecule has 0 aliphatic carbocycles. The third-order valence-corrected chi connectivity index (χ3v) is 5.51. The summed E-state index contributed by atoms with van der Waals surface area (Å²) in [6, 6.07) is 0.988. The van der Waals surface area contributed by atoms with Gasteiger partial charge in [-0.3, -0.25) is 9.82 Å². The number of anilines is 2. The fourth-order valence-electron chi connectivity index (χ4n) is 1.65. The Kier molecular flexibility index (Phi) is 4.45. The third kappa shape index (κ3) is 2.99. The van der Waals surface area contributed by atoms with Gasteiger partial charge in [0.25, 0.3) is 10.0 Å². The summed E-state index contributed by atoms with van der Waals surface area (Å²) < 4.78 is 41.0. The van der Waals surface area contributed by atoms with Crippen LogP contribution in [0.25, 0.3) is 0 Å². The van der Waals surface area contributed by atoms with Crippen molar-refractivity contribution in [2.45, 2.75) is 18.2 Å². The Balaban J connectivity index is 2.50. The second-order valence-corrected chi connectivity index (χ2v) is 6.98. The van der Waals surface area contributed by atoms with Crippen LogP contribution >= 0.6 is 27.5 Å². The Morgan fingerprint density at radius 2 is 2.24 bits per heavy atom. The van der Waals surface area contributed by atoms with Gasteiger partial charge in [0.05, 0.1) is 21.4 Å². The van der Waals surface area contributed by atoms with Gasteiger partial charge >= 0.3 is 0 Å². The highest BCUT2D eigenvalue weighted by atomic mass is 79.9. The second kappa shape index (κ2) is 5.82. The number of aromatic amines is 1. The van der Waals surface area contributed by atoms with Crippen molar-refractivity contribution in [3.63, 3.8) is 0 Å². The van der Waals surface area contributed by atoms with Crippen LogP contribution in [0.15, 0.2) is 21.6 Å². The fourth-order valence-corrected chi connectivity index (χ4v) is 3.39. The number of halogens is 3. The van der Waals surface area contributed by atoms with Crippen molar-refractivity contribution in [1.29, 1.82) is 0 Å². The summed E-state index contributed by atoms with van der Waals surface area (Å²) in [5.74, 6) is -0.897. The molecule has 0 atom stereocenters. The lowest BCUT2D eigenvalue weighted by atomic mass is 10.3. The second-order valence-electron chi connectivity index (χ2n) is 4.13. The normalized spacial score (nSPS) is 11.6. The molecule has 0 aliphatic heterocycles. The van der Waals surface area contributed by atoms with Crippen LogP contribution < -0.4 is 10.5 Å². The maximum absolute atomic E-state index is 14.1. The van der Waals surface area contributed by atoms with Crippen molar-refractivity contribution in [3.05, 3.63) is 33.1 Å². The topological polar surface area (TPSA) is 101 Å². The number of aromatic nitrogens is 2. The largest absolute Gasteiger partial charge is 0.395 e. The Morgan fingerprint density at radius 3 is 2.86 bits per heavy atom. The van der Waals surface area contributed by atoms with E-state index in [1.807, 2.05) is 6.92 Å². The van der Waals surface area contributed by atoms with Crippen LogP contribution in [-0.2, 0) is 16.4 Å². The summed E-state index contributed by atoms with van der Waals surface area (Å²) in [4.78, 5) is -0.634. The number of nitrogen functional groups attached to an aromatic ring is 1. The van der Waals surface area contributed by atoms with Crippen molar-refractivity contribution in [2.24, 2.45) is 0 Å². The quantitative estimate of drug-likeness (QED) is 0.545. The highest BCUT2D eigenvalue weighted by molar-refractivity contribution is 9.10. The fraction of sp³-hybridized carbons (Fsp3) is 0.182. The van der Waals surface area contributed by atoms with E-state index in [4.69, 9.17) is 17.3 Å². The molecule has 4 N–H and O–H groups in total. The number of nitrogens with zero attached hydrogens (tertiary/aromatic N) is 1. The van der Waals surface area contributed by atoms with E-state index >= 15 is 0 Å². The molecule has 1 aromatic heterocycles. The smallest absolute Gasteiger partial charge is 0.266 e. The molecule has 6 nitrogen and oxygen atoms in total. The lowest BCUT2D eigenvalue weighted by molar-refractivity contribution is 0.572. The molecule has 2 rings (SSSR count). The van der Waals surface area contributed by atoms with Crippen LogP contribution in [0.1, 0.15) is 12.5 Å². The SMILES string of the molecule is CCc1cn[nH]c1NS(=O)(=O)c1cc(Cl)c(Br)c(N)c1F. The Morgan fingerprint density at radius 1 is 1.57 bits per heavy atom. The van der Waals surface area contributed by atoms with Crippen LogP contribution in [0.4, 0.5) is 15.9 Å². The Hall–Kier alpha value is -1.32. The number of nitrogens with one attached hydrogen (secondary N) is 2. The number of rotatable bonds is 4. The monoisotopic (exact) mass is 396 g/mol. The number of nitrogens with two attached hydrogens (primary N) is 1. The molecular formula is C11H11BrClFN4O2S. The molecular weight excluding hydrogens is 387 g/mol. The molecule has 0 saturated heterocycles. The molecule has 114 valence electrons.